The van der Waals surface area contributed by atoms with Crippen molar-refractivity contribution in [3.05, 3.63) is 100 Å². The van der Waals surface area contributed by atoms with Crippen LogP contribution in [0.3, 0.4) is 0 Å². The summed E-state index contributed by atoms with van der Waals surface area (Å²) < 4.78 is 27.2. The minimum absolute atomic E-state index is 0.104. The first-order valence-corrected chi connectivity index (χ1v) is 18.1. The van der Waals surface area contributed by atoms with Gasteiger partial charge in [-0.3, -0.25) is 13.9 Å². The third-order valence-corrected chi connectivity index (χ3v) is 10.7. The molecule has 238 valence electrons. The number of piperidine rings is 1. The van der Waals surface area contributed by atoms with Crippen LogP contribution in [0.25, 0.3) is 0 Å². The second-order valence-electron chi connectivity index (χ2n) is 12.7. The van der Waals surface area contributed by atoms with E-state index < -0.39 is 22.1 Å². The smallest absolute Gasteiger partial charge is 0.245 e. The van der Waals surface area contributed by atoms with E-state index in [1.807, 2.05) is 53.4 Å². The number of amides is 2. The summed E-state index contributed by atoms with van der Waals surface area (Å²) >= 11 is 6.12. The zero-order valence-electron chi connectivity index (χ0n) is 25.6. The maximum absolute atomic E-state index is 14.0. The number of carbonyl (C=O) groups is 2. The molecule has 3 aromatic carbocycles. The van der Waals surface area contributed by atoms with Gasteiger partial charge in [-0.05, 0) is 84.4 Å². The fourth-order valence-electron chi connectivity index (χ4n) is 6.61. The molecule has 0 bridgehead atoms. The summed E-state index contributed by atoms with van der Waals surface area (Å²) in [6.07, 6.45) is 5.76. The van der Waals surface area contributed by atoms with Gasteiger partial charge in [-0.25, -0.2) is 8.42 Å². The van der Waals surface area contributed by atoms with Crippen LogP contribution in [0.2, 0.25) is 5.02 Å². The second kappa shape index (κ2) is 13.5. The SMILES string of the molecule is CS(=O)(=O)N(CC1CC1)c1ccccc1C1CCN(C(=O)C(Cc2ccc(Cl)cc2)NC(=O)C2Cc3ccccc3CN2)CC1. The van der Waals surface area contributed by atoms with Gasteiger partial charge in [-0.2, -0.15) is 0 Å². The van der Waals surface area contributed by atoms with Crippen LogP contribution >= 0.6 is 11.6 Å². The molecule has 1 saturated heterocycles. The minimum atomic E-state index is -3.42. The monoisotopic (exact) mass is 648 g/mol. The predicted octanol–water partition coefficient (Wildman–Crippen LogP) is 4.66. The zero-order valence-corrected chi connectivity index (χ0v) is 27.2. The topological polar surface area (TPSA) is 98.8 Å². The standard InChI is InChI=1S/C35H41ClN4O4S/c1-45(43,44)40(23-25-10-11-25)33-9-5-4-8-30(33)26-16-18-39(19-17-26)35(42)32(20-24-12-14-29(36)15-13-24)38-34(41)31-21-27-6-2-3-7-28(27)22-37-31/h2-9,12-15,25-26,31-32,37H,10-11,16-23H2,1H3,(H,38,41). The van der Waals surface area contributed by atoms with E-state index in [4.69, 9.17) is 11.6 Å². The lowest BCUT2D eigenvalue weighted by atomic mass is 9.87. The van der Waals surface area contributed by atoms with Gasteiger partial charge in [0.25, 0.3) is 0 Å². The van der Waals surface area contributed by atoms with Gasteiger partial charge in [0.15, 0.2) is 0 Å². The molecule has 2 aliphatic heterocycles. The summed E-state index contributed by atoms with van der Waals surface area (Å²) in [5.74, 6) is 0.257. The highest BCUT2D eigenvalue weighted by molar-refractivity contribution is 7.92. The van der Waals surface area contributed by atoms with Crippen LogP contribution in [0.5, 0.6) is 0 Å². The zero-order chi connectivity index (χ0) is 31.6. The first kappa shape index (κ1) is 31.6. The Hall–Kier alpha value is -3.40. The predicted molar refractivity (Wildman–Crippen MR) is 178 cm³/mol. The van der Waals surface area contributed by atoms with Crippen LogP contribution in [-0.2, 0) is 39.0 Å². The molecule has 2 N–H and O–H groups in total. The molecule has 3 aromatic rings. The van der Waals surface area contributed by atoms with Crippen LogP contribution in [0.4, 0.5) is 5.69 Å². The molecule has 2 fully saturated rings. The molecule has 2 unspecified atom stereocenters. The normalized spacial score (nSPS) is 19.4. The minimum Gasteiger partial charge on any atom is -0.343 e. The molecule has 2 amide bonds. The van der Waals surface area contributed by atoms with Gasteiger partial charge in [-0.1, -0.05) is 66.2 Å². The van der Waals surface area contributed by atoms with Crippen molar-refractivity contribution in [3.8, 4) is 0 Å². The fraction of sp³-hybridized carbons (Fsp3) is 0.429. The van der Waals surface area contributed by atoms with E-state index in [9.17, 15) is 18.0 Å². The van der Waals surface area contributed by atoms with Gasteiger partial charge in [0.05, 0.1) is 18.0 Å². The van der Waals surface area contributed by atoms with E-state index >= 15 is 0 Å². The van der Waals surface area contributed by atoms with E-state index in [1.165, 1.54) is 11.8 Å². The molecule has 10 heteroatoms. The summed E-state index contributed by atoms with van der Waals surface area (Å²) in [6, 6.07) is 22.1. The highest BCUT2D eigenvalue weighted by atomic mass is 35.5. The molecule has 6 rings (SSSR count). The van der Waals surface area contributed by atoms with Crippen molar-refractivity contribution in [2.24, 2.45) is 5.92 Å². The molecular formula is C35H41ClN4O4S. The number of likely N-dealkylation sites (tertiary alicyclic amines) is 1. The van der Waals surface area contributed by atoms with Gasteiger partial charge < -0.3 is 15.5 Å². The Morgan fingerprint density at radius 3 is 2.31 bits per heavy atom. The maximum Gasteiger partial charge on any atom is 0.245 e. The summed E-state index contributed by atoms with van der Waals surface area (Å²) in [5, 5.41) is 7.04. The third kappa shape index (κ3) is 7.71. The number of fused-ring (bicyclic) bond motifs is 1. The lowest BCUT2D eigenvalue weighted by molar-refractivity contribution is -0.137. The van der Waals surface area contributed by atoms with Gasteiger partial charge in [0.1, 0.15) is 6.04 Å². The van der Waals surface area contributed by atoms with Gasteiger partial charge in [0, 0.05) is 37.6 Å². The van der Waals surface area contributed by atoms with Crippen LogP contribution in [0.1, 0.15) is 53.9 Å². The Labute approximate surface area is 271 Å². The Balaban J connectivity index is 1.16. The molecule has 0 spiro atoms. The summed E-state index contributed by atoms with van der Waals surface area (Å²) in [7, 11) is -3.42. The number of benzene rings is 3. The number of nitrogens with one attached hydrogen (secondary N) is 2. The van der Waals surface area contributed by atoms with Crippen LogP contribution in [0, 0.1) is 5.92 Å². The number of hydrogen-bond acceptors (Lipinski definition) is 5. The van der Waals surface area contributed by atoms with E-state index in [0.717, 1.165) is 35.2 Å². The van der Waals surface area contributed by atoms with Gasteiger partial charge >= 0.3 is 0 Å². The number of rotatable bonds is 10. The van der Waals surface area contributed by atoms with Crippen molar-refractivity contribution in [1.82, 2.24) is 15.5 Å². The molecule has 45 heavy (non-hydrogen) atoms. The number of halogens is 1. The number of anilines is 1. The van der Waals surface area contributed by atoms with Crippen molar-refractivity contribution in [2.45, 2.75) is 63.1 Å². The molecule has 0 aromatic heterocycles. The van der Waals surface area contributed by atoms with Crippen molar-refractivity contribution < 1.29 is 18.0 Å². The molecule has 1 aliphatic carbocycles. The second-order valence-corrected chi connectivity index (χ2v) is 15.0. The number of sulfonamides is 1. The lowest BCUT2D eigenvalue weighted by Gasteiger charge is -2.36. The molecule has 1 saturated carbocycles. The van der Waals surface area contributed by atoms with Crippen molar-refractivity contribution in [3.63, 3.8) is 0 Å². The van der Waals surface area contributed by atoms with Crippen molar-refractivity contribution >= 4 is 39.1 Å². The van der Waals surface area contributed by atoms with Crippen LogP contribution in [0.15, 0.2) is 72.8 Å². The summed E-state index contributed by atoms with van der Waals surface area (Å²) in [4.78, 5) is 29.4. The molecule has 0 radical (unpaired) electrons. The maximum atomic E-state index is 14.0. The van der Waals surface area contributed by atoms with Gasteiger partial charge in [-0.15, -0.1) is 0 Å². The van der Waals surface area contributed by atoms with E-state index in [1.54, 1.807) is 16.4 Å². The Kier molecular flexibility index (Phi) is 9.49. The lowest BCUT2D eigenvalue weighted by Crippen LogP contribution is -2.56. The number of para-hydroxylation sites is 1. The quantitative estimate of drug-likeness (QED) is 0.333. The van der Waals surface area contributed by atoms with Crippen molar-refractivity contribution in [2.75, 3.05) is 30.2 Å². The summed E-state index contributed by atoms with van der Waals surface area (Å²) in [6.45, 7) is 2.18. The molecule has 8 nitrogen and oxygen atoms in total. The number of nitrogens with zero attached hydrogens (tertiary/aromatic N) is 2. The van der Waals surface area contributed by atoms with Gasteiger partial charge in [0.2, 0.25) is 21.8 Å². The molecule has 2 atom stereocenters. The first-order valence-electron chi connectivity index (χ1n) is 15.9. The van der Waals surface area contributed by atoms with Crippen molar-refractivity contribution in [1.29, 1.82) is 0 Å². The van der Waals surface area contributed by atoms with E-state index in [2.05, 4.69) is 22.8 Å². The molecular weight excluding hydrogens is 608 g/mol. The third-order valence-electron chi connectivity index (χ3n) is 9.34. The largest absolute Gasteiger partial charge is 0.343 e. The Bertz CT molecular complexity index is 1640. The first-order chi connectivity index (χ1) is 21.7. The summed E-state index contributed by atoms with van der Waals surface area (Å²) in [5.41, 5.74) is 5.02. The number of carbonyl (C=O) groups excluding carboxylic acids is 2. The highest BCUT2D eigenvalue weighted by Gasteiger charge is 2.35. The molecule has 2 heterocycles. The van der Waals surface area contributed by atoms with Crippen LogP contribution < -0.4 is 14.9 Å². The fourth-order valence-corrected chi connectivity index (χ4v) is 7.74. The Morgan fingerprint density at radius 1 is 0.956 bits per heavy atom. The van der Waals surface area contributed by atoms with E-state index in [-0.39, 0.29) is 17.7 Å². The molecule has 3 aliphatic rings. The average Bonchev–Trinajstić information content (AvgIpc) is 3.88. The highest BCUT2D eigenvalue weighted by Crippen LogP contribution is 2.38. The average molecular weight is 649 g/mol. The Morgan fingerprint density at radius 2 is 1.62 bits per heavy atom. The van der Waals surface area contributed by atoms with Crippen LogP contribution in [-0.4, -0.2) is 63.1 Å². The number of hydrogen-bond donors (Lipinski definition) is 2. The van der Waals surface area contributed by atoms with E-state index in [0.29, 0.717) is 62.8 Å².